The van der Waals surface area contributed by atoms with Crippen LogP contribution < -0.4 is 11.5 Å². The van der Waals surface area contributed by atoms with Gasteiger partial charge in [0, 0.05) is 11.8 Å². The van der Waals surface area contributed by atoms with Crippen LogP contribution in [0.1, 0.15) is 25.7 Å². The molecule has 0 radical (unpaired) electrons. The Morgan fingerprint density at radius 1 is 1.00 bits per heavy atom. The maximum Gasteiger partial charge on any atom is 0.0768 e. The summed E-state index contributed by atoms with van der Waals surface area (Å²) in [5, 5.41) is 0. The molecule has 0 bridgehead atoms. The molecule has 0 aromatic carbocycles. The Kier molecular flexibility index (Phi) is 3.16. The highest BCUT2D eigenvalue weighted by Crippen LogP contribution is 2.26. The van der Waals surface area contributed by atoms with Crippen LogP contribution in [0, 0.1) is 11.8 Å². The summed E-state index contributed by atoms with van der Waals surface area (Å²) in [5.74, 6) is 1.83. The van der Waals surface area contributed by atoms with Crippen molar-refractivity contribution in [1.29, 1.82) is 0 Å². The Balaban J connectivity index is 2.25. The topological polar surface area (TPSA) is 55.3 Å². The summed E-state index contributed by atoms with van der Waals surface area (Å²) in [6, 6.07) is 0. The lowest BCUT2D eigenvalue weighted by atomic mass is 9.81. The van der Waals surface area contributed by atoms with Gasteiger partial charge in [0.15, 0.2) is 0 Å². The Bertz CT molecular complexity index is 83.3. The quantitative estimate of drug-likeness (QED) is 0.514. The van der Waals surface area contributed by atoms with E-state index >= 15 is 0 Å². The molecule has 1 aliphatic carbocycles. The highest BCUT2D eigenvalue weighted by Gasteiger charge is 2.21. The number of hydrogen-bond acceptors (Lipinski definition) is 0. The SMILES string of the molecule is [NH3+]C[C@@H]1CCC[C@@H](C[NH3+])C1. The zero-order valence-corrected chi connectivity index (χ0v) is 6.81. The van der Waals surface area contributed by atoms with Crippen molar-refractivity contribution in [2.45, 2.75) is 25.7 Å². The molecule has 2 nitrogen and oxygen atoms in total. The molecule has 2 heteroatoms. The van der Waals surface area contributed by atoms with Crippen molar-refractivity contribution in [3.8, 4) is 0 Å². The molecule has 10 heavy (non-hydrogen) atoms. The Hall–Kier alpha value is -0.0800. The average molecular weight is 144 g/mol. The maximum absolute atomic E-state index is 3.96. The Labute approximate surface area is 63.0 Å². The maximum atomic E-state index is 3.96. The first kappa shape index (κ1) is 8.02. The number of hydrogen-bond donors (Lipinski definition) is 2. The van der Waals surface area contributed by atoms with Gasteiger partial charge < -0.3 is 11.5 Å². The van der Waals surface area contributed by atoms with E-state index < -0.39 is 0 Å². The third-order valence-corrected chi connectivity index (χ3v) is 2.71. The summed E-state index contributed by atoms with van der Waals surface area (Å²) >= 11 is 0. The largest absolute Gasteiger partial charge is 0.357 e. The fourth-order valence-corrected chi connectivity index (χ4v) is 1.93. The lowest BCUT2D eigenvalue weighted by Gasteiger charge is -2.24. The first-order chi connectivity index (χ1) is 4.86. The summed E-state index contributed by atoms with van der Waals surface area (Å²) < 4.78 is 0. The highest BCUT2D eigenvalue weighted by molar-refractivity contribution is 4.70. The summed E-state index contributed by atoms with van der Waals surface area (Å²) in [7, 11) is 0. The van der Waals surface area contributed by atoms with Gasteiger partial charge in [-0.25, -0.2) is 0 Å². The van der Waals surface area contributed by atoms with Crippen molar-refractivity contribution < 1.29 is 11.5 Å². The molecule has 0 heterocycles. The molecule has 1 fully saturated rings. The first-order valence-electron chi connectivity index (χ1n) is 4.45. The minimum atomic E-state index is 0.917. The second-order valence-electron chi connectivity index (χ2n) is 3.48. The summed E-state index contributed by atoms with van der Waals surface area (Å²) in [5.41, 5.74) is 7.92. The predicted octanol–water partition coefficient (Wildman–Crippen LogP) is -0.723. The lowest BCUT2D eigenvalue weighted by molar-refractivity contribution is -0.391. The normalized spacial score (nSPS) is 34.2. The van der Waals surface area contributed by atoms with E-state index in [0.29, 0.717) is 0 Å². The van der Waals surface area contributed by atoms with Crippen LogP contribution in [0.15, 0.2) is 0 Å². The molecule has 0 aliphatic heterocycles. The fourth-order valence-electron chi connectivity index (χ4n) is 1.93. The van der Waals surface area contributed by atoms with Crippen LogP contribution in [0.2, 0.25) is 0 Å². The van der Waals surface area contributed by atoms with Gasteiger partial charge in [-0.2, -0.15) is 0 Å². The number of quaternary nitrogens is 2. The monoisotopic (exact) mass is 144 g/mol. The van der Waals surface area contributed by atoms with Gasteiger partial charge in [-0.05, 0) is 19.3 Å². The molecule has 1 aliphatic rings. The molecule has 0 spiro atoms. The second-order valence-corrected chi connectivity index (χ2v) is 3.48. The van der Waals surface area contributed by atoms with E-state index in [9.17, 15) is 0 Å². The fraction of sp³-hybridized carbons (Fsp3) is 1.00. The average Bonchev–Trinajstić information content (AvgIpc) is 2.05. The van der Waals surface area contributed by atoms with Gasteiger partial charge in [0.1, 0.15) is 0 Å². The van der Waals surface area contributed by atoms with E-state index in [1.807, 2.05) is 0 Å². The van der Waals surface area contributed by atoms with E-state index in [0.717, 1.165) is 24.9 Å². The van der Waals surface area contributed by atoms with Crippen molar-refractivity contribution in [2.75, 3.05) is 13.1 Å². The van der Waals surface area contributed by atoms with Crippen molar-refractivity contribution in [3.63, 3.8) is 0 Å². The zero-order chi connectivity index (χ0) is 7.40. The van der Waals surface area contributed by atoms with Crippen LogP contribution in [0.4, 0.5) is 0 Å². The van der Waals surface area contributed by atoms with E-state index in [2.05, 4.69) is 11.5 Å². The molecule has 0 saturated heterocycles. The molecule has 0 aromatic heterocycles. The number of rotatable bonds is 2. The lowest BCUT2D eigenvalue weighted by Crippen LogP contribution is -2.57. The van der Waals surface area contributed by atoms with Crippen molar-refractivity contribution in [2.24, 2.45) is 11.8 Å². The van der Waals surface area contributed by atoms with Gasteiger partial charge in [0.2, 0.25) is 0 Å². The van der Waals surface area contributed by atoms with Gasteiger partial charge >= 0.3 is 0 Å². The van der Waals surface area contributed by atoms with Gasteiger partial charge in [0.25, 0.3) is 0 Å². The minimum absolute atomic E-state index is 0.917. The third kappa shape index (κ3) is 1.96. The highest BCUT2D eigenvalue weighted by atomic mass is 14.6. The van der Waals surface area contributed by atoms with E-state index in [4.69, 9.17) is 0 Å². The van der Waals surface area contributed by atoms with Crippen molar-refractivity contribution in [3.05, 3.63) is 0 Å². The molecular weight excluding hydrogens is 124 g/mol. The van der Waals surface area contributed by atoms with Crippen LogP contribution in [-0.4, -0.2) is 13.1 Å². The van der Waals surface area contributed by atoms with Crippen LogP contribution in [0.3, 0.4) is 0 Å². The molecular formula is C8H20N2+2. The third-order valence-electron chi connectivity index (χ3n) is 2.71. The summed E-state index contributed by atoms with van der Waals surface area (Å²) in [4.78, 5) is 0. The van der Waals surface area contributed by atoms with Crippen LogP contribution in [0.25, 0.3) is 0 Å². The molecule has 0 unspecified atom stereocenters. The molecule has 1 saturated carbocycles. The molecule has 2 atom stereocenters. The van der Waals surface area contributed by atoms with Crippen LogP contribution in [0.5, 0.6) is 0 Å². The van der Waals surface area contributed by atoms with Crippen LogP contribution in [-0.2, 0) is 0 Å². The van der Waals surface area contributed by atoms with Crippen molar-refractivity contribution in [1.82, 2.24) is 0 Å². The first-order valence-corrected chi connectivity index (χ1v) is 4.45. The van der Waals surface area contributed by atoms with Crippen LogP contribution >= 0.6 is 0 Å². The molecule has 0 aromatic rings. The Morgan fingerprint density at radius 2 is 1.50 bits per heavy atom. The van der Waals surface area contributed by atoms with Gasteiger partial charge in [0.05, 0.1) is 13.1 Å². The van der Waals surface area contributed by atoms with Gasteiger partial charge in [-0.3, -0.25) is 0 Å². The standard InChI is InChI=1S/C8H18N2/c9-5-7-2-1-3-8(4-7)6-10/h7-8H,1-6,9-10H2/p+2/t7-,8-/m1/s1. The zero-order valence-electron chi connectivity index (χ0n) is 6.81. The van der Waals surface area contributed by atoms with E-state index in [1.165, 1.54) is 25.7 Å². The molecule has 6 N–H and O–H groups in total. The van der Waals surface area contributed by atoms with Gasteiger partial charge in [-0.1, -0.05) is 6.42 Å². The van der Waals surface area contributed by atoms with Crippen molar-refractivity contribution >= 4 is 0 Å². The molecule has 60 valence electrons. The predicted molar refractivity (Wildman–Crippen MR) is 41.0 cm³/mol. The molecule has 1 rings (SSSR count). The molecule has 0 amide bonds. The van der Waals surface area contributed by atoms with E-state index in [-0.39, 0.29) is 0 Å². The summed E-state index contributed by atoms with van der Waals surface area (Å²) in [6.45, 7) is 2.27. The second kappa shape index (κ2) is 3.94. The smallest absolute Gasteiger partial charge is 0.0768 e. The van der Waals surface area contributed by atoms with E-state index in [1.54, 1.807) is 0 Å². The van der Waals surface area contributed by atoms with Gasteiger partial charge in [-0.15, -0.1) is 0 Å². The summed E-state index contributed by atoms with van der Waals surface area (Å²) in [6.07, 6.45) is 5.65. The minimum Gasteiger partial charge on any atom is -0.357 e. The Morgan fingerprint density at radius 3 is 1.90 bits per heavy atom.